The van der Waals surface area contributed by atoms with Crippen LogP contribution in [0.5, 0.6) is 0 Å². The molecule has 0 saturated carbocycles. The van der Waals surface area contributed by atoms with Gasteiger partial charge in [-0.15, -0.1) is 0 Å². The molecule has 2 heterocycles. The molecule has 0 amide bonds. The van der Waals surface area contributed by atoms with Gasteiger partial charge in [0.05, 0.1) is 18.9 Å². The molecule has 1 fully saturated rings. The van der Waals surface area contributed by atoms with Crippen LogP contribution in [0.1, 0.15) is 31.6 Å². The highest BCUT2D eigenvalue weighted by Crippen LogP contribution is 2.27. The van der Waals surface area contributed by atoms with E-state index >= 15 is 0 Å². The number of nitrogens with zero attached hydrogens (tertiary/aromatic N) is 2. The largest absolute Gasteiger partial charge is 0.371 e. The first kappa shape index (κ1) is 10.9. The zero-order chi connectivity index (χ0) is 10.8. The number of nitrogens with one attached hydrogen (secondary N) is 1. The van der Waals surface area contributed by atoms with E-state index in [0.717, 1.165) is 25.3 Å². The Labute approximate surface area is 94.6 Å². The number of hydrogen-bond acceptors (Lipinski definition) is 3. The van der Waals surface area contributed by atoms with E-state index in [0.29, 0.717) is 5.15 Å². The van der Waals surface area contributed by atoms with Crippen molar-refractivity contribution in [3.63, 3.8) is 0 Å². The second-order valence-corrected chi connectivity index (χ2v) is 4.35. The summed E-state index contributed by atoms with van der Waals surface area (Å²) < 4.78 is 7.45. The molecular weight excluding hydrogens is 214 g/mol. The fraction of sp³-hybridized carbons (Fsp3) is 0.700. The quantitative estimate of drug-likeness (QED) is 0.840. The Balaban J connectivity index is 2.20. The van der Waals surface area contributed by atoms with Crippen molar-refractivity contribution < 1.29 is 4.74 Å². The fourth-order valence-corrected chi connectivity index (χ4v) is 2.11. The average molecular weight is 230 g/mol. The molecule has 5 heteroatoms. The van der Waals surface area contributed by atoms with Crippen LogP contribution in [0.4, 0.5) is 0 Å². The van der Waals surface area contributed by atoms with Gasteiger partial charge in [0.1, 0.15) is 5.15 Å². The minimum absolute atomic E-state index is 0.0405. The smallest absolute Gasteiger partial charge is 0.133 e. The number of halogens is 1. The lowest BCUT2D eigenvalue weighted by Gasteiger charge is -2.23. The summed E-state index contributed by atoms with van der Waals surface area (Å²) >= 11 is 6.25. The SMILES string of the molecule is CC(C)n1ncc(C2CNCCO2)c1Cl. The lowest BCUT2D eigenvalue weighted by Crippen LogP contribution is -2.33. The summed E-state index contributed by atoms with van der Waals surface area (Å²) in [5.41, 5.74) is 0.984. The topological polar surface area (TPSA) is 39.1 Å². The Kier molecular flexibility index (Phi) is 3.29. The molecule has 0 radical (unpaired) electrons. The third-order valence-corrected chi connectivity index (χ3v) is 2.92. The standard InChI is InChI=1S/C10H16ClN3O/c1-7(2)14-10(11)8(5-13-14)9-6-12-3-4-15-9/h5,7,9,12H,3-4,6H2,1-2H3. The summed E-state index contributed by atoms with van der Waals surface area (Å²) in [6, 6.07) is 0.280. The molecule has 0 spiro atoms. The Morgan fingerprint density at radius 3 is 3.00 bits per heavy atom. The summed E-state index contributed by atoms with van der Waals surface area (Å²) in [5.74, 6) is 0. The van der Waals surface area contributed by atoms with Crippen LogP contribution >= 0.6 is 11.6 Å². The van der Waals surface area contributed by atoms with E-state index in [-0.39, 0.29) is 12.1 Å². The monoisotopic (exact) mass is 229 g/mol. The van der Waals surface area contributed by atoms with Crippen molar-refractivity contribution in [2.45, 2.75) is 26.0 Å². The van der Waals surface area contributed by atoms with Gasteiger partial charge in [0, 0.05) is 24.7 Å². The number of aromatic nitrogens is 2. The second kappa shape index (κ2) is 4.51. The van der Waals surface area contributed by atoms with Gasteiger partial charge in [-0.2, -0.15) is 5.10 Å². The molecule has 2 rings (SSSR count). The fourth-order valence-electron chi connectivity index (χ4n) is 1.70. The first-order valence-electron chi connectivity index (χ1n) is 5.25. The van der Waals surface area contributed by atoms with Crippen molar-refractivity contribution in [2.75, 3.05) is 19.7 Å². The molecule has 1 aliphatic heterocycles. The molecule has 1 N–H and O–H groups in total. The highest BCUT2D eigenvalue weighted by Gasteiger charge is 2.22. The predicted molar refractivity (Wildman–Crippen MR) is 59.2 cm³/mol. The molecular formula is C10H16ClN3O. The summed E-state index contributed by atoms with van der Waals surface area (Å²) in [4.78, 5) is 0. The van der Waals surface area contributed by atoms with Crippen molar-refractivity contribution >= 4 is 11.6 Å². The summed E-state index contributed by atoms with van der Waals surface area (Å²) in [5, 5.41) is 8.24. The molecule has 1 atom stereocenters. The van der Waals surface area contributed by atoms with Gasteiger partial charge in [-0.05, 0) is 13.8 Å². The van der Waals surface area contributed by atoms with Gasteiger partial charge < -0.3 is 10.1 Å². The highest BCUT2D eigenvalue weighted by molar-refractivity contribution is 6.30. The Hall–Kier alpha value is -0.580. The van der Waals surface area contributed by atoms with Crippen LogP contribution in [-0.4, -0.2) is 29.5 Å². The lowest BCUT2D eigenvalue weighted by atomic mass is 10.2. The van der Waals surface area contributed by atoms with Gasteiger partial charge in [-0.3, -0.25) is 4.68 Å². The van der Waals surface area contributed by atoms with Crippen LogP contribution < -0.4 is 5.32 Å². The van der Waals surface area contributed by atoms with Gasteiger partial charge in [0.15, 0.2) is 0 Å². The maximum Gasteiger partial charge on any atom is 0.133 e. The van der Waals surface area contributed by atoms with Crippen LogP contribution in [0.2, 0.25) is 5.15 Å². The van der Waals surface area contributed by atoms with E-state index in [1.807, 2.05) is 4.68 Å². The van der Waals surface area contributed by atoms with Crippen LogP contribution in [0.3, 0.4) is 0 Å². The first-order chi connectivity index (χ1) is 7.20. The van der Waals surface area contributed by atoms with E-state index in [4.69, 9.17) is 16.3 Å². The van der Waals surface area contributed by atoms with Crippen LogP contribution in [0.25, 0.3) is 0 Å². The van der Waals surface area contributed by atoms with Crippen LogP contribution in [0.15, 0.2) is 6.20 Å². The zero-order valence-corrected chi connectivity index (χ0v) is 9.79. The predicted octanol–water partition coefficient (Wildman–Crippen LogP) is 1.78. The molecule has 84 valence electrons. The molecule has 1 unspecified atom stereocenters. The molecule has 4 nitrogen and oxygen atoms in total. The lowest BCUT2D eigenvalue weighted by molar-refractivity contribution is 0.0277. The minimum Gasteiger partial charge on any atom is -0.371 e. The summed E-state index contributed by atoms with van der Waals surface area (Å²) in [7, 11) is 0. The van der Waals surface area contributed by atoms with E-state index in [2.05, 4.69) is 24.3 Å². The molecule has 0 aliphatic carbocycles. The number of ether oxygens (including phenoxy) is 1. The van der Waals surface area contributed by atoms with E-state index in [1.54, 1.807) is 6.20 Å². The molecule has 15 heavy (non-hydrogen) atoms. The molecule has 1 aliphatic rings. The maximum atomic E-state index is 6.25. The Morgan fingerprint density at radius 2 is 2.47 bits per heavy atom. The molecule has 0 bridgehead atoms. The van der Waals surface area contributed by atoms with Crippen molar-refractivity contribution in [1.82, 2.24) is 15.1 Å². The zero-order valence-electron chi connectivity index (χ0n) is 9.03. The van der Waals surface area contributed by atoms with E-state index in [9.17, 15) is 0 Å². The maximum absolute atomic E-state index is 6.25. The second-order valence-electron chi connectivity index (χ2n) is 3.99. The minimum atomic E-state index is 0.0405. The highest BCUT2D eigenvalue weighted by atomic mass is 35.5. The third-order valence-electron chi connectivity index (χ3n) is 2.52. The van der Waals surface area contributed by atoms with Gasteiger partial charge in [-0.25, -0.2) is 0 Å². The molecule has 1 saturated heterocycles. The molecule has 1 aromatic rings. The average Bonchev–Trinajstić information content (AvgIpc) is 2.61. The van der Waals surface area contributed by atoms with Gasteiger partial charge in [0.2, 0.25) is 0 Å². The first-order valence-corrected chi connectivity index (χ1v) is 5.63. The number of hydrogen-bond donors (Lipinski definition) is 1. The Bertz CT molecular complexity index is 331. The van der Waals surface area contributed by atoms with Crippen molar-refractivity contribution in [1.29, 1.82) is 0 Å². The third kappa shape index (κ3) is 2.17. The van der Waals surface area contributed by atoms with E-state index < -0.39 is 0 Å². The van der Waals surface area contributed by atoms with Gasteiger partial charge in [-0.1, -0.05) is 11.6 Å². The number of morpholine rings is 1. The van der Waals surface area contributed by atoms with Crippen molar-refractivity contribution in [3.05, 3.63) is 16.9 Å². The van der Waals surface area contributed by atoms with Crippen molar-refractivity contribution in [2.24, 2.45) is 0 Å². The van der Waals surface area contributed by atoms with Gasteiger partial charge >= 0.3 is 0 Å². The molecule has 1 aromatic heterocycles. The summed E-state index contributed by atoms with van der Waals surface area (Å²) in [6.45, 7) is 6.56. The van der Waals surface area contributed by atoms with Gasteiger partial charge in [0.25, 0.3) is 0 Å². The molecule has 0 aromatic carbocycles. The van der Waals surface area contributed by atoms with Crippen LogP contribution in [0, 0.1) is 0 Å². The Morgan fingerprint density at radius 1 is 1.67 bits per heavy atom. The summed E-state index contributed by atoms with van der Waals surface area (Å²) in [6.07, 6.45) is 1.85. The van der Waals surface area contributed by atoms with E-state index in [1.165, 1.54) is 0 Å². The van der Waals surface area contributed by atoms with Crippen molar-refractivity contribution in [3.8, 4) is 0 Å². The number of rotatable bonds is 2. The van der Waals surface area contributed by atoms with Crippen LogP contribution in [-0.2, 0) is 4.74 Å². The normalized spacial score (nSPS) is 22.3.